The minimum atomic E-state index is -4.37. The number of ether oxygens (including phenoxy) is 2. The predicted octanol–water partition coefficient (Wildman–Crippen LogP) is 11.1. The molecule has 0 amide bonds. The smallest absolute Gasteiger partial charge is 0.462 e. The molecule has 3 N–H and O–H groups in total. The highest BCUT2D eigenvalue weighted by molar-refractivity contribution is 7.47. The van der Waals surface area contributed by atoms with Crippen molar-refractivity contribution in [2.24, 2.45) is 5.73 Å². The lowest BCUT2D eigenvalue weighted by molar-refractivity contribution is -0.161. The molecule has 0 heterocycles. The van der Waals surface area contributed by atoms with Gasteiger partial charge in [-0.3, -0.25) is 18.6 Å². The van der Waals surface area contributed by atoms with Crippen molar-refractivity contribution in [1.29, 1.82) is 0 Å². The van der Waals surface area contributed by atoms with Gasteiger partial charge in [-0.15, -0.1) is 0 Å². The molecule has 1 unspecified atom stereocenters. The fourth-order valence-corrected chi connectivity index (χ4v) is 6.39. The van der Waals surface area contributed by atoms with Gasteiger partial charge in [0.05, 0.1) is 13.2 Å². The van der Waals surface area contributed by atoms with Crippen LogP contribution in [0.25, 0.3) is 0 Å². The molecule has 9 nitrogen and oxygen atoms in total. The maximum Gasteiger partial charge on any atom is 0.472 e. The number of phosphoric acid groups is 1. The minimum absolute atomic E-state index is 0.0546. The second-order valence-electron chi connectivity index (χ2n) is 13.5. The average Bonchev–Trinajstić information content (AvgIpc) is 3.08. The zero-order valence-corrected chi connectivity index (χ0v) is 32.6. The van der Waals surface area contributed by atoms with Crippen LogP contribution < -0.4 is 5.73 Å². The van der Waals surface area contributed by atoms with E-state index in [4.69, 9.17) is 24.3 Å². The first-order valence-electron chi connectivity index (χ1n) is 20.2. The van der Waals surface area contributed by atoms with Crippen LogP contribution in [0, 0.1) is 0 Å². The molecule has 0 saturated carbocycles. The molecule has 290 valence electrons. The van der Waals surface area contributed by atoms with Crippen molar-refractivity contribution < 1.29 is 37.6 Å². The molecule has 0 aromatic heterocycles. The Hall–Kier alpha value is -1.25. The molecule has 0 aliphatic heterocycles. The van der Waals surface area contributed by atoms with Gasteiger partial charge in [0.2, 0.25) is 0 Å². The van der Waals surface area contributed by atoms with Crippen LogP contribution in [-0.4, -0.2) is 49.3 Å². The first-order valence-corrected chi connectivity index (χ1v) is 21.7. The Labute approximate surface area is 300 Å². The molecule has 0 saturated heterocycles. The fraction of sp³-hybridized carbons (Fsp3) is 0.897. The molecule has 0 aromatic carbocycles. The lowest BCUT2D eigenvalue weighted by Crippen LogP contribution is -2.29. The summed E-state index contributed by atoms with van der Waals surface area (Å²) in [5, 5.41) is 0. The number of unbranched alkanes of at least 4 members (excludes halogenated alkanes) is 23. The van der Waals surface area contributed by atoms with E-state index >= 15 is 0 Å². The Morgan fingerprint density at radius 1 is 0.592 bits per heavy atom. The van der Waals surface area contributed by atoms with Crippen LogP contribution in [0.4, 0.5) is 0 Å². The number of rotatable bonds is 38. The van der Waals surface area contributed by atoms with E-state index in [2.05, 4.69) is 26.0 Å². The summed E-state index contributed by atoms with van der Waals surface area (Å²) in [6.07, 6.45) is 35.2. The summed E-state index contributed by atoms with van der Waals surface area (Å²) in [4.78, 5) is 34.7. The van der Waals surface area contributed by atoms with Crippen LogP contribution in [-0.2, 0) is 32.7 Å². The van der Waals surface area contributed by atoms with E-state index in [-0.39, 0.29) is 38.6 Å². The third-order valence-corrected chi connectivity index (χ3v) is 9.64. The van der Waals surface area contributed by atoms with E-state index in [1.165, 1.54) is 103 Å². The van der Waals surface area contributed by atoms with Gasteiger partial charge in [-0.1, -0.05) is 154 Å². The van der Waals surface area contributed by atoms with Gasteiger partial charge >= 0.3 is 19.8 Å². The lowest BCUT2D eigenvalue weighted by atomic mass is 10.0. The average molecular weight is 718 g/mol. The van der Waals surface area contributed by atoms with Crippen molar-refractivity contribution in [3.63, 3.8) is 0 Å². The van der Waals surface area contributed by atoms with Crippen LogP contribution in [0.2, 0.25) is 0 Å². The monoisotopic (exact) mass is 718 g/mol. The summed E-state index contributed by atoms with van der Waals surface area (Å²) in [6, 6.07) is 0. The molecule has 10 heteroatoms. The Morgan fingerprint density at radius 3 is 1.49 bits per heavy atom. The first-order chi connectivity index (χ1) is 23.8. The van der Waals surface area contributed by atoms with Crippen LogP contribution >= 0.6 is 7.82 Å². The van der Waals surface area contributed by atoms with Crippen molar-refractivity contribution in [2.75, 3.05) is 26.4 Å². The Kier molecular flexibility index (Phi) is 35.6. The highest BCUT2D eigenvalue weighted by Crippen LogP contribution is 2.43. The maximum absolute atomic E-state index is 12.5. The quantitative estimate of drug-likeness (QED) is 0.0277. The van der Waals surface area contributed by atoms with Gasteiger partial charge < -0.3 is 20.1 Å². The van der Waals surface area contributed by atoms with Crippen LogP contribution in [0.1, 0.15) is 194 Å². The van der Waals surface area contributed by atoms with E-state index in [1.807, 2.05) is 0 Å². The largest absolute Gasteiger partial charge is 0.472 e. The van der Waals surface area contributed by atoms with E-state index in [0.29, 0.717) is 6.42 Å². The van der Waals surface area contributed by atoms with Crippen molar-refractivity contribution in [3.05, 3.63) is 12.2 Å². The van der Waals surface area contributed by atoms with Gasteiger partial charge in [-0.05, 0) is 38.5 Å². The highest BCUT2D eigenvalue weighted by atomic mass is 31.2. The third kappa shape index (κ3) is 36.3. The fourth-order valence-electron chi connectivity index (χ4n) is 5.63. The van der Waals surface area contributed by atoms with Gasteiger partial charge in [0.15, 0.2) is 6.10 Å². The van der Waals surface area contributed by atoms with E-state index < -0.39 is 26.5 Å². The minimum Gasteiger partial charge on any atom is -0.462 e. The number of hydrogen-bond donors (Lipinski definition) is 2. The van der Waals surface area contributed by atoms with Crippen LogP contribution in [0.3, 0.4) is 0 Å². The second-order valence-corrected chi connectivity index (χ2v) is 15.0. The Morgan fingerprint density at radius 2 is 1.00 bits per heavy atom. The summed E-state index contributed by atoms with van der Waals surface area (Å²) in [5.74, 6) is -0.832. The van der Waals surface area contributed by atoms with Gasteiger partial charge in [0, 0.05) is 19.4 Å². The van der Waals surface area contributed by atoms with Gasteiger partial charge in [0.1, 0.15) is 6.61 Å². The molecule has 0 aliphatic rings. The molecule has 49 heavy (non-hydrogen) atoms. The maximum atomic E-state index is 12.5. The molecule has 0 radical (unpaired) electrons. The summed E-state index contributed by atoms with van der Waals surface area (Å²) < 4.78 is 32.7. The van der Waals surface area contributed by atoms with Crippen LogP contribution in [0.5, 0.6) is 0 Å². The van der Waals surface area contributed by atoms with Crippen LogP contribution in [0.15, 0.2) is 12.2 Å². The molecule has 0 rings (SSSR count). The highest BCUT2D eigenvalue weighted by Gasteiger charge is 2.26. The number of phosphoric ester groups is 1. The number of nitrogens with two attached hydrogens (primary N) is 1. The van der Waals surface area contributed by atoms with Crippen molar-refractivity contribution in [2.45, 2.75) is 200 Å². The summed E-state index contributed by atoms with van der Waals surface area (Å²) in [7, 11) is -4.37. The van der Waals surface area contributed by atoms with Gasteiger partial charge in [0.25, 0.3) is 0 Å². The zero-order chi connectivity index (χ0) is 36.1. The molecule has 0 fully saturated rings. The molecule has 0 aromatic rings. The van der Waals surface area contributed by atoms with Crippen molar-refractivity contribution in [3.8, 4) is 0 Å². The molecule has 0 spiro atoms. The van der Waals surface area contributed by atoms with Crippen molar-refractivity contribution >= 4 is 19.8 Å². The number of carbonyl (C=O) groups is 2. The summed E-state index contributed by atoms with van der Waals surface area (Å²) >= 11 is 0. The Balaban J connectivity index is 4.15. The molecular weight excluding hydrogens is 641 g/mol. The number of hydrogen-bond acceptors (Lipinski definition) is 8. The van der Waals surface area contributed by atoms with Gasteiger partial charge in [-0.2, -0.15) is 0 Å². The zero-order valence-electron chi connectivity index (χ0n) is 31.7. The normalized spacial score (nSPS) is 13.5. The Bertz CT molecular complexity index is 825. The molecule has 0 bridgehead atoms. The van der Waals surface area contributed by atoms with E-state index in [1.54, 1.807) is 0 Å². The van der Waals surface area contributed by atoms with E-state index in [0.717, 1.165) is 57.8 Å². The summed E-state index contributed by atoms with van der Waals surface area (Å²) in [5.41, 5.74) is 5.33. The van der Waals surface area contributed by atoms with Crippen molar-refractivity contribution in [1.82, 2.24) is 0 Å². The molecule has 0 aliphatic carbocycles. The number of esters is 2. The predicted molar refractivity (Wildman–Crippen MR) is 201 cm³/mol. The first kappa shape index (κ1) is 47.8. The standard InChI is InChI=1S/C39H76NO8P/c1-3-5-7-9-11-13-15-17-18-19-20-22-23-25-27-29-31-38(41)45-35-37(36-47-49(43,44)46-34-33-40)48-39(42)32-30-28-26-24-21-16-14-12-10-8-6-4-2/h12,14,37H,3-11,13,15-36,40H2,1-2H3,(H,43,44)/b14-12-/t37-/m1/s1. The molecule has 2 atom stereocenters. The summed E-state index contributed by atoms with van der Waals surface area (Å²) in [6.45, 7) is 3.71. The topological polar surface area (TPSA) is 134 Å². The third-order valence-electron chi connectivity index (χ3n) is 8.65. The van der Waals surface area contributed by atoms with Gasteiger partial charge in [-0.25, -0.2) is 4.57 Å². The number of allylic oxidation sites excluding steroid dienone is 2. The number of carbonyl (C=O) groups excluding carboxylic acids is 2. The van der Waals surface area contributed by atoms with E-state index in [9.17, 15) is 19.0 Å². The molecular formula is C39H76NO8P. The SMILES string of the molecule is CCCCC/C=C\CCCCCCCC(=O)O[C@H](COC(=O)CCCCCCCCCCCCCCCCCC)COP(=O)(O)OCCN. The second kappa shape index (κ2) is 36.5. The lowest BCUT2D eigenvalue weighted by Gasteiger charge is -2.19.